The normalized spacial score (nSPS) is 15.2. The van der Waals surface area contributed by atoms with E-state index < -0.39 is 6.10 Å². The van der Waals surface area contributed by atoms with Crippen LogP contribution in [0, 0.1) is 35.5 Å². The van der Waals surface area contributed by atoms with Crippen molar-refractivity contribution in [1.29, 1.82) is 0 Å². The van der Waals surface area contributed by atoms with Gasteiger partial charge < -0.3 is 19.7 Å². The van der Waals surface area contributed by atoms with Crippen LogP contribution in [-0.4, -0.2) is 42.7 Å². The SMILES string of the molecule is C/C(=C\CO)CCC[C@H](C)CCC[C@H](C)CCCC(C)C.C/C(=C\COCC(O)COc1ccccc1)CCC[C@H](C)CCC[C@H](C)CCCC(C)C. The second-order valence-corrected chi connectivity index (χ2v) is 17.8. The molecule has 0 heterocycles. The molecule has 0 saturated heterocycles. The molecule has 4 nitrogen and oxygen atoms in total. The van der Waals surface area contributed by atoms with E-state index in [2.05, 4.69) is 75.3 Å². The summed E-state index contributed by atoms with van der Waals surface area (Å²) in [5.74, 6) is 5.95. The van der Waals surface area contributed by atoms with Crippen LogP contribution in [0.25, 0.3) is 0 Å². The zero-order chi connectivity index (χ0) is 39.7. The van der Waals surface area contributed by atoms with Gasteiger partial charge in [0.25, 0.3) is 0 Å². The lowest BCUT2D eigenvalue weighted by molar-refractivity contribution is 0.0212. The minimum atomic E-state index is -0.609. The minimum absolute atomic E-state index is 0.191. The Morgan fingerprint density at radius 3 is 1.36 bits per heavy atom. The summed E-state index contributed by atoms with van der Waals surface area (Å²) in [6.07, 6.45) is 27.6. The summed E-state index contributed by atoms with van der Waals surface area (Å²) in [4.78, 5) is 0. The highest BCUT2D eigenvalue weighted by molar-refractivity contribution is 5.20. The largest absolute Gasteiger partial charge is 0.491 e. The van der Waals surface area contributed by atoms with E-state index in [1.54, 1.807) is 0 Å². The zero-order valence-corrected chi connectivity index (χ0v) is 36.9. The van der Waals surface area contributed by atoms with Crippen LogP contribution >= 0.6 is 0 Å². The van der Waals surface area contributed by atoms with E-state index in [4.69, 9.17) is 14.6 Å². The van der Waals surface area contributed by atoms with Crippen molar-refractivity contribution < 1.29 is 19.7 Å². The summed E-state index contributed by atoms with van der Waals surface area (Å²) in [5, 5.41) is 18.8. The van der Waals surface area contributed by atoms with Crippen LogP contribution in [0.15, 0.2) is 53.6 Å². The number of hydrogen-bond acceptors (Lipinski definition) is 4. The molecule has 4 heteroatoms. The average molecular weight is 743 g/mol. The lowest BCUT2D eigenvalue weighted by Gasteiger charge is -2.15. The van der Waals surface area contributed by atoms with Crippen LogP contribution in [0.3, 0.4) is 0 Å². The number of aliphatic hydroxyl groups excluding tert-OH is 2. The van der Waals surface area contributed by atoms with Gasteiger partial charge in [-0.1, -0.05) is 187 Å². The summed E-state index contributed by atoms with van der Waals surface area (Å²) in [7, 11) is 0. The molecule has 1 aromatic rings. The Kier molecular flexibility index (Phi) is 33.8. The van der Waals surface area contributed by atoms with Gasteiger partial charge in [-0.25, -0.2) is 0 Å². The number of allylic oxidation sites excluding steroid dienone is 2. The number of para-hydroxylation sites is 1. The molecule has 0 bridgehead atoms. The first-order valence-corrected chi connectivity index (χ1v) is 22.2. The van der Waals surface area contributed by atoms with Crippen molar-refractivity contribution in [1.82, 2.24) is 0 Å². The predicted molar refractivity (Wildman–Crippen MR) is 233 cm³/mol. The Balaban J connectivity index is 0.00000112. The lowest BCUT2D eigenvalue weighted by Crippen LogP contribution is -2.23. The molecule has 1 unspecified atom stereocenters. The monoisotopic (exact) mass is 743 g/mol. The molecule has 0 aromatic heterocycles. The molecule has 0 amide bonds. The van der Waals surface area contributed by atoms with Gasteiger partial charge in [0.1, 0.15) is 18.5 Å². The van der Waals surface area contributed by atoms with Crippen molar-refractivity contribution in [3.05, 3.63) is 53.6 Å². The fourth-order valence-electron chi connectivity index (χ4n) is 6.94. The Hall–Kier alpha value is -1.62. The fourth-order valence-corrected chi connectivity index (χ4v) is 6.94. The summed E-state index contributed by atoms with van der Waals surface area (Å²) < 4.78 is 11.1. The Morgan fingerprint density at radius 1 is 0.547 bits per heavy atom. The maximum absolute atomic E-state index is 9.98. The molecule has 2 N–H and O–H groups in total. The lowest BCUT2D eigenvalue weighted by atomic mass is 9.91. The van der Waals surface area contributed by atoms with E-state index in [9.17, 15) is 5.11 Å². The van der Waals surface area contributed by atoms with E-state index in [1.165, 1.54) is 114 Å². The van der Waals surface area contributed by atoms with E-state index in [0.29, 0.717) is 13.2 Å². The van der Waals surface area contributed by atoms with Gasteiger partial charge in [-0.15, -0.1) is 0 Å². The third-order valence-electron chi connectivity index (χ3n) is 10.8. The number of benzene rings is 1. The molecule has 1 aromatic carbocycles. The highest BCUT2D eigenvalue weighted by Crippen LogP contribution is 2.23. The standard InChI is InChI=1S/C29H50O3.C20H40O/c1-24(2)12-9-13-25(3)14-10-15-26(4)16-11-17-27(5)20-21-31-22-28(30)23-32-29-18-7-6-8-19-29;1-17(2)9-6-10-18(3)11-7-12-19(4)13-8-14-20(5)15-16-21/h6-8,18-20,24-26,28,30H,9-17,21-23H2,1-5H3;15,17-19,21H,6-14,16H2,1-5H3/b27-20+;20-15+/t25-,26-,28?;18-,19-/m11/s1. The van der Waals surface area contributed by atoms with Crippen LogP contribution in [0.5, 0.6) is 5.75 Å². The van der Waals surface area contributed by atoms with Gasteiger partial charge in [0.15, 0.2) is 0 Å². The molecule has 0 fully saturated rings. The van der Waals surface area contributed by atoms with Gasteiger partial charge in [-0.2, -0.15) is 0 Å². The van der Waals surface area contributed by atoms with Crippen LogP contribution < -0.4 is 4.74 Å². The van der Waals surface area contributed by atoms with Crippen molar-refractivity contribution in [2.45, 2.75) is 191 Å². The topological polar surface area (TPSA) is 58.9 Å². The van der Waals surface area contributed by atoms with Gasteiger partial charge >= 0.3 is 0 Å². The Bertz CT molecular complexity index is 983. The molecule has 5 atom stereocenters. The molecular formula is C49H90O4. The summed E-state index contributed by atoms with van der Waals surface area (Å²) in [6, 6.07) is 9.55. The van der Waals surface area contributed by atoms with Gasteiger partial charge in [-0.3, -0.25) is 0 Å². The smallest absolute Gasteiger partial charge is 0.119 e. The summed E-state index contributed by atoms with van der Waals surface area (Å²) in [6.45, 7) is 24.5. The van der Waals surface area contributed by atoms with Crippen LogP contribution in [0.2, 0.25) is 0 Å². The van der Waals surface area contributed by atoms with Crippen molar-refractivity contribution in [2.75, 3.05) is 26.4 Å². The molecule has 0 spiro atoms. The Morgan fingerprint density at radius 2 is 0.943 bits per heavy atom. The van der Waals surface area contributed by atoms with Gasteiger partial charge in [0.2, 0.25) is 0 Å². The number of hydrogen-bond donors (Lipinski definition) is 2. The third-order valence-corrected chi connectivity index (χ3v) is 10.8. The van der Waals surface area contributed by atoms with Crippen molar-refractivity contribution in [2.24, 2.45) is 35.5 Å². The molecule has 0 aliphatic heterocycles. The van der Waals surface area contributed by atoms with Crippen molar-refractivity contribution in [3.8, 4) is 5.75 Å². The van der Waals surface area contributed by atoms with Crippen LogP contribution in [-0.2, 0) is 4.74 Å². The van der Waals surface area contributed by atoms with Crippen molar-refractivity contribution in [3.63, 3.8) is 0 Å². The first kappa shape index (κ1) is 51.4. The highest BCUT2D eigenvalue weighted by Gasteiger charge is 2.09. The maximum atomic E-state index is 9.98. The van der Waals surface area contributed by atoms with Gasteiger partial charge in [0.05, 0.1) is 19.8 Å². The summed E-state index contributed by atoms with van der Waals surface area (Å²) >= 11 is 0. The quantitative estimate of drug-likeness (QED) is 0.0570. The molecular weight excluding hydrogens is 653 g/mol. The van der Waals surface area contributed by atoms with E-state index in [0.717, 1.165) is 54.1 Å². The van der Waals surface area contributed by atoms with Gasteiger partial charge in [-0.05, 0) is 87.2 Å². The first-order chi connectivity index (χ1) is 25.3. The predicted octanol–water partition coefficient (Wildman–Crippen LogP) is 14.2. The van der Waals surface area contributed by atoms with E-state index >= 15 is 0 Å². The number of ether oxygens (including phenoxy) is 2. The number of aliphatic hydroxyl groups is 2. The zero-order valence-electron chi connectivity index (χ0n) is 36.9. The second-order valence-electron chi connectivity index (χ2n) is 17.8. The maximum Gasteiger partial charge on any atom is 0.119 e. The molecule has 0 aliphatic carbocycles. The van der Waals surface area contributed by atoms with Gasteiger partial charge in [0, 0.05) is 0 Å². The van der Waals surface area contributed by atoms with Crippen LogP contribution in [0.1, 0.15) is 185 Å². The van der Waals surface area contributed by atoms with Crippen LogP contribution in [0.4, 0.5) is 0 Å². The third kappa shape index (κ3) is 35.8. The summed E-state index contributed by atoms with van der Waals surface area (Å²) in [5.41, 5.74) is 2.72. The van der Waals surface area contributed by atoms with E-state index in [1.807, 2.05) is 36.4 Å². The molecule has 0 radical (unpaired) electrons. The van der Waals surface area contributed by atoms with Crippen molar-refractivity contribution >= 4 is 0 Å². The fraction of sp³-hybridized carbons (Fsp3) is 0.796. The molecule has 53 heavy (non-hydrogen) atoms. The van der Waals surface area contributed by atoms with E-state index in [-0.39, 0.29) is 13.2 Å². The molecule has 1 rings (SSSR count). The molecule has 310 valence electrons. The first-order valence-electron chi connectivity index (χ1n) is 22.2. The molecule has 0 aliphatic rings. The average Bonchev–Trinajstić information content (AvgIpc) is 3.10. The number of rotatable bonds is 32. The molecule has 0 saturated carbocycles. The highest BCUT2D eigenvalue weighted by atomic mass is 16.5. The Labute approximate surface area is 331 Å². The minimum Gasteiger partial charge on any atom is -0.491 e. The second kappa shape index (κ2) is 34.8.